The summed E-state index contributed by atoms with van der Waals surface area (Å²) in [7, 11) is -1.18. The van der Waals surface area contributed by atoms with Crippen LogP contribution in [0.5, 0.6) is 0 Å². The second kappa shape index (κ2) is 14.8. The van der Waals surface area contributed by atoms with E-state index >= 15 is 0 Å². The van der Waals surface area contributed by atoms with Crippen LogP contribution in [0.4, 0.5) is 5.69 Å². The van der Waals surface area contributed by atoms with Crippen molar-refractivity contribution in [1.29, 1.82) is 0 Å². The zero-order valence-electron chi connectivity index (χ0n) is 25.2. The zero-order chi connectivity index (χ0) is 31.0. The molecule has 2 atom stereocenters. The fourth-order valence-electron chi connectivity index (χ4n) is 4.52. The average Bonchev–Trinajstić information content (AvgIpc) is 2.95. The van der Waals surface area contributed by atoms with Gasteiger partial charge in [0.15, 0.2) is 0 Å². The summed E-state index contributed by atoms with van der Waals surface area (Å²) in [5.74, 6) is -0.771. The van der Waals surface area contributed by atoms with E-state index in [1.807, 2.05) is 94.4 Å². The van der Waals surface area contributed by atoms with E-state index in [1.165, 1.54) is 19.0 Å². The monoisotopic (exact) mass is 656 g/mol. The molecule has 10 heteroatoms. The van der Waals surface area contributed by atoms with Gasteiger partial charge in [-0.05, 0) is 67.6 Å². The van der Waals surface area contributed by atoms with Crippen LogP contribution in [0.25, 0.3) is 0 Å². The molecule has 0 radical (unpaired) electrons. The number of anilines is 1. The fourth-order valence-corrected chi connectivity index (χ4v) is 6.08. The molecule has 1 N–H and O–H groups in total. The van der Waals surface area contributed by atoms with Crippen LogP contribution in [0, 0.1) is 13.8 Å². The third-order valence-corrected chi connectivity index (χ3v) is 9.47. The quantitative estimate of drug-likeness (QED) is 0.273. The van der Waals surface area contributed by atoms with Crippen LogP contribution in [0.15, 0.2) is 77.3 Å². The van der Waals surface area contributed by atoms with Crippen LogP contribution in [0.2, 0.25) is 0 Å². The predicted molar refractivity (Wildman–Crippen MR) is 172 cm³/mol. The van der Waals surface area contributed by atoms with Gasteiger partial charge < -0.3 is 10.2 Å². The van der Waals surface area contributed by atoms with Crippen molar-refractivity contribution >= 4 is 43.6 Å². The summed E-state index contributed by atoms with van der Waals surface area (Å²) in [6, 6.07) is 21.6. The SMILES string of the molecule is CC[C@H](C)NC(=O)[C@H](Cc1ccccc1)N(Cc1cccc(Br)c1)C(=O)CN(c1cc(C)ccc1C)S(=O)(=O)N(C)C. The maximum Gasteiger partial charge on any atom is 0.304 e. The van der Waals surface area contributed by atoms with E-state index in [0.29, 0.717) is 11.3 Å². The molecule has 0 saturated carbocycles. The van der Waals surface area contributed by atoms with Crippen LogP contribution < -0.4 is 9.62 Å². The Kier molecular flexibility index (Phi) is 11.7. The third-order valence-electron chi connectivity index (χ3n) is 7.17. The van der Waals surface area contributed by atoms with Crippen molar-refractivity contribution in [3.05, 3.63) is 99.5 Å². The first-order chi connectivity index (χ1) is 19.8. The standard InChI is InChI=1S/C32H41BrN4O4S/c1-7-25(4)34-32(39)30(20-26-12-9-8-10-13-26)36(21-27-14-11-15-28(33)19-27)31(38)22-37(42(40,41)35(5)6)29-18-23(2)16-17-24(29)3/h8-19,25,30H,7,20-22H2,1-6H3,(H,34,39)/t25-,30-/m0/s1. The second-order valence-electron chi connectivity index (χ2n) is 10.8. The van der Waals surface area contributed by atoms with Gasteiger partial charge in [0.1, 0.15) is 12.6 Å². The number of carbonyl (C=O) groups excluding carboxylic acids is 2. The van der Waals surface area contributed by atoms with Crippen molar-refractivity contribution in [2.75, 3.05) is 24.9 Å². The van der Waals surface area contributed by atoms with Gasteiger partial charge in [-0.3, -0.25) is 9.59 Å². The lowest BCUT2D eigenvalue weighted by Crippen LogP contribution is -2.55. The molecule has 0 saturated heterocycles. The summed E-state index contributed by atoms with van der Waals surface area (Å²) < 4.78 is 30.3. The van der Waals surface area contributed by atoms with Crippen molar-refractivity contribution in [3.8, 4) is 0 Å². The van der Waals surface area contributed by atoms with E-state index in [0.717, 1.165) is 36.2 Å². The Morgan fingerprint density at radius 1 is 0.929 bits per heavy atom. The zero-order valence-corrected chi connectivity index (χ0v) is 27.6. The average molecular weight is 658 g/mol. The third kappa shape index (κ3) is 8.65. The lowest BCUT2D eigenvalue weighted by Gasteiger charge is -2.35. The van der Waals surface area contributed by atoms with Gasteiger partial charge in [-0.15, -0.1) is 0 Å². The fraction of sp³-hybridized carbons (Fsp3) is 0.375. The molecule has 0 unspecified atom stereocenters. The van der Waals surface area contributed by atoms with Gasteiger partial charge in [0.25, 0.3) is 0 Å². The number of benzene rings is 3. The van der Waals surface area contributed by atoms with E-state index in [9.17, 15) is 18.0 Å². The number of nitrogens with one attached hydrogen (secondary N) is 1. The largest absolute Gasteiger partial charge is 0.352 e. The number of rotatable bonds is 13. The summed E-state index contributed by atoms with van der Waals surface area (Å²) in [5, 5.41) is 3.05. The van der Waals surface area contributed by atoms with Gasteiger partial charge in [0.2, 0.25) is 11.8 Å². The maximum absolute atomic E-state index is 14.4. The van der Waals surface area contributed by atoms with Crippen molar-refractivity contribution in [3.63, 3.8) is 0 Å². The number of hydrogen-bond acceptors (Lipinski definition) is 4. The van der Waals surface area contributed by atoms with Gasteiger partial charge in [0, 0.05) is 37.6 Å². The lowest BCUT2D eigenvalue weighted by molar-refractivity contribution is -0.140. The second-order valence-corrected chi connectivity index (χ2v) is 13.7. The first-order valence-corrected chi connectivity index (χ1v) is 16.2. The number of carbonyl (C=O) groups is 2. The topological polar surface area (TPSA) is 90.0 Å². The minimum absolute atomic E-state index is 0.0980. The minimum Gasteiger partial charge on any atom is -0.352 e. The van der Waals surface area contributed by atoms with E-state index < -0.39 is 28.7 Å². The van der Waals surface area contributed by atoms with Crippen molar-refractivity contribution in [1.82, 2.24) is 14.5 Å². The Morgan fingerprint density at radius 2 is 1.60 bits per heavy atom. The minimum atomic E-state index is -4.06. The molecule has 0 spiro atoms. The van der Waals surface area contributed by atoms with Crippen LogP contribution in [-0.4, -0.2) is 62.2 Å². The number of nitrogens with zero attached hydrogens (tertiary/aromatic N) is 3. The van der Waals surface area contributed by atoms with Gasteiger partial charge in [-0.25, -0.2) is 4.31 Å². The molecule has 3 aromatic carbocycles. The molecule has 3 aromatic rings. The summed E-state index contributed by atoms with van der Waals surface area (Å²) in [4.78, 5) is 29.7. The Labute approximate surface area is 259 Å². The molecule has 0 aliphatic rings. The molecular formula is C32H41BrN4O4S. The summed E-state index contributed by atoms with van der Waals surface area (Å²) in [6.45, 7) is 7.24. The smallest absolute Gasteiger partial charge is 0.304 e. The van der Waals surface area contributed by atoms with Crippen LogP contribution in [0.1, 0.15) is 42.5 Å². The molecule has 0 aliphatic carbocycles. The Bertz CT molecular complexity index is 1480. The Hall–Kier alpha value is -3.21. The van der Waals surface area contributed by atoms with E-state index in [-0.39, 0.29) is 24.9 Å². The molecule has 2 amide bonds. The molecule has 0 fully saturated rings. The van der Waals surface area contributed by atoms with Gasteiger partial charge in [0.05, 0.1) is 5.69 Å². The lowest BCUT2D eigenvalue weighted by atomic mass is 10.0. The highest BCUT2D eigenvalue weighted by atomic mass is 79.9. The van der Waals surface area contributed by atoms with Crippen LogP contribution >= 0.6 is 15.9 Å². The van der Waals surface area contributed by atoms with E-state index in [1.54, 1.807) is 6.07 Å². The first-order valence-electron chi connectivity index (χ1n) is 14.0. The molecule has 226 valence electrons. The highest BCUT2D eigenvalue weighted by Gasteiger charge is 2.35. The Balaban J connectivity index is 2.13. The van der Waals surface area contributed by atoms with Crippen LogP contribution in [0.3, 0.4) is 0 Å². The van der Waals surface area contributed by atoms with Crippen molar-refractivity contribution in [2.45, 2.75) is 59.2 Å². The summed E-state index contributed by atoms with van der Waals surface area (Å²) in [5.41, 5.74) is 3.70. The molecule has 0 aliphatic heterocycles. The molecule has 8 nitrogen and oxygen atoms in total. The normalized spacial score (nSPS) is 13.0. The number of amides is 2. The molecule has 0 bridgehead atoms. The van der Waals surface area contributed by atoms with Crippen LogP contribution in [-0.2, 0) is 32.8 Å². The number of aryl methyl sites for hydroxylation is 2. The van der Waals surface area contributed by atoms with Gasteiger partial charge in [-0.1, -0.05) is 77.5 Å². The molecular weight excluding hydrogens is 616 g/mol. The van der Waals surface area contributed by atoms with Gasteiger partial charge in [-0.2, -0.15) is 12.7 Å². The summed E-state index contributed by atoms with van der Waals surface area (Å²) >= 11 is 3.50. The van der Waals surface area contributed by atoms with E-state index in [4.69, 9.17) is 0 Å². The van der Waals surface area contributed by atoms with Crippen molar-refractivity contribution in [2.24, 2.45) is 0 Å². The number of hydrogen-bond donors (Lipinski definition) is 1. The highest BCUT2D eigenvalue weighted by Crippen LogP contribution is 2.26. The molecule has 42 heavy (non-hydrogen) atoms. The molecule has 0 heterocycles. The first kappa shape index (κ1) is 33.3. The molecule has 3 rings (SSSR count). The predicted octanol–water partition coefficient (Wildman–Crippen LogP) is 5.23. The maximum atomic E-state index is 14.4. The van der Waals surface area contributed by atoms with Crippen molar-refractivity contribution < 1.29 is 18.0 Å². The summed E-state index contributed by atoms with van der Waals surface area (Å²) in [6.07, 6.45) is 0.998. The molecule has 0 aromatic heterocycles. The highest BCUT2D eigenvalue weighted by molar-refractivity contribution is 9.10. The Morgan fingerprint density at radius 3 is 2.21 bits per heavy atom. The number of halogens is 1. The van der Waals surface area contributed by atoms with Gasteiger partial charge >= 0.3 is 10.2 Å². The van der Waals surface area contributed by atoms with E-state index in [2.05, 4.69) is 21.2 Å².